The van der Waals surface area contributed by atoms with E-state index >= 15 is 0 Å². The molecule has 1 atom stereocenters. The molecular weight excluding hydrogens is 302 g/mol. The van der Waals surface area contributed by atoms with E-state index in [0.717, 1.165) is 18.4 Å². The van der Waals surface area contributed by atoms with Gasteiger partial charge >= 0.3 is 0 Å². The summed E-state index contributed by atoms with van der Waals surface area (Å²) in [5, 5.41) is 2.84. The minimum Gasteiger partial charge on any atom is -0.441 e. The third-order valence-corrected chi connectivity index (χ3v) is 3.76. The number of rotatable bonds is 5. The van der Waals surface area contributed by atoms with Gasteiger partial charge in [-0.1, -0.05) is 18.2 Å². The van der Waals surface area contributed by atoms with Crippen molar-refractivity contribution in [2.75, 3.05) is 6.54 Å². The molecule has 1 unspecified atom stereocenters. The zero-order chi connectivity index (χ0) is 14.8. The largest absolute Gasteiger partial charge is 0.441 e. The molecule has 0 aliphatic heterocycles. The summed E-state index contributed by atoms with van der Waals surface area (Å²) in [5.41, 5.74) is 7.17. The van der Waals surface area contributed by atoms with Crippen molar-refractivity contribution in [3.05, 3.63) is 41.8 Å². The molecule has 2 aromatic rings. The lowest BCUT2D eigenvalue weighted by Gasteiger charge is -2.10. The first-order chi connectivity index (χ1) is 10.1. The molecule has 1 aromatic heterocycles. The molecule has 22 heavy (non-hydrogen) atoms. The van der Waals surface area contributed by atoms with Gasteiger partial charge in [-0.05, 0) is 37.8 Å². The molecule has 1 fully saturated rings. The summed E-state index contributed by atoms with van der Waals surface area (Å²) in [6.45, 7) is 2.23. The lowest BCUT2D eigenvalue weighted by Crippen LogP contribution is -2.38. The number of amides is 1. The third kappa shape index (κ3) is 3.67. The van der Waals surface area contributed by atoms with Gasteiger partial charge in [0.2, 0.25) is 5.89 Å². The Morgan fingerprint density at radius 2 is 2.09 bits per heavy atom. The van der Waals surface area contributed by atoms with Crippen LogP contribution in [0.15, 0.2) is 34.7 Å². The maximum absolute atomic E-state index is 12.2. The summed E-state index contributed by atoms with van der Waals surface area (Å²) < 4.78 is 5.59. The molecule has 1 heterocycles. The SMILES string of the molecule is Cc1oc(-c2ccccc2)nc1C(=O)NCC(N)C1CC1.Cl. The second-order valence-electron chi connectivity index (χ2n) is 5.50. The lowest BCUT2D eigenvalue weighted by molar-refractivity contribution is 0.0944. The van der Waals surface area contributed by atoms with Gasteiger partial charge in [-0.2, -0.15) is 0 Å². The number of halogens is 1. The van der Waals surface area contributed by atoms with E-state index in [9.17, 15) is 4.79 Å². The van der Waals surface area contributed by atoms with Crippen LogP contribution in [0, 0.1) is 12.8 Å². The molecule has 6 heteroatoms. The summed E-state index contributed by atoms with van der Waals surface area (Å²) in [5.74, 6) is 1.31. The van der Waals surface area contributed by atoms with Crippen LogP contribution in [0.5, 0.6) is 0 Å². The van der Waals surface area contributed by atoms with Crippen LogP contribution in [0.4, 0.5) is 0 Å². The minimum absolute atomic E-state index is 0. The smallest absolute Gasteiger partial charge is 0.273 e. The molecule has 5 nitrogen and oxygen atoms in total. The molecule has 118 valence electrons. The Morgan fingerprint density at radius 3 is 2.73 bits per heavy atom. The first-order valence-corrected chi connectivity index (χ1v) is 7.22. The van der Waals surface area contributed by atoms with E-state index in [2.05, 4.69) is 10.3 Å². The average Bonchev–Trinajstić information content (AvgIpc) is 3.28. The van der Waals surface area contributed by atoms with Gasteiger partial charge < -0.3 is 15.5 Å². The van der Waals surface area contributed by atoms with Gasteiger partial charge in [0.15, 0.2) is 5.69 Å². The number of carbonyl (C=O) groups excluding carboxylic acids is 1. The van der Waals surface area contributed by atoms with Crippen molar-refractivity contribution in [1.82, 2.24) is 10.3 Å². The lowest BCUT2D eigenvalue weighted by atomic mass is 10.2. The van der Waals surface area contributed by atoms with E-state index in [1.54, 1.807) is 6.92 Å². The van der Waals surface area contributed by atoms with Crippen molar-refractivity contribution in [2.45, 2.75) is 25.8 Å². The van der Waals surface area contributed by atoms with Crippen molar-refractivity contribution in [3.63, 3.8) is 0 Å². The van der Waals surface area contributed by atoms with E-state index in [4.69, 9.17) is 10.2 Å². The minimum atomic E-state index is -0.227. The van der Waals surface area contributed by atoms with Gasteiger partial charge in [0.05, 0.1) is 0 Å². The Hall–Kier alpha value is -1.85. The number of aromatic nitrogens is 1. The fraction of sp³-hybridized carbons (Fsp3) is 0.375. The fourth-order valence-corrected chi connectivity index (χ4v) is 2.30. The highest BCUT2D eigenvalue weighted by atomic mass is 35.5. The van der Waals surface area contributed by atoms with Gasteiger partial charge in [0.1, 0.15) is 5.76 Å². The number of nitrogens with two attached hydrogens (primary N) is 1. The number of aryl methyl sites for hydroxylation is 1. The van der Waals surface area contributed by atoms with Crippen molar-refractivity contribution in [1.29, 1.82) is 0 Å². The molecule has 0 spiro atoms. The van der Waals surface area contributed by atoms with Gasteiger partial charge in [-0.3, -0.25) is 4.79 Å². The third-order valence-electron chi connectivity index (χ3n) is 3.76. The van der Waals surface area contributed by atoms with Crippen LogP contribution < -0.4 is 11.1 Å². The molecule has 0 bridgehead atoms. The normalized spacial score (nSPS) is 15.0. The van der Waals surface area contributed by atoms with Gasteiger partial charge in [-0.25, -0.2) is 4.98 Å². The van der Waals surface area contributed by atoms with E-state index in [0.29, 0.717) is 29.8 Å². The Bertz CT molecular complexity index is 638. The number of benzene rings is 1. The van der Waals surface area contributed by atoms with Crippen molar-refractivity contribution >= 4 is 18.3 Å². The van der Waals surface area contributed by atoms with E-state index in [-0.39, 0.29) is 24.4 Å². The zero-order valence-electron chi connectivity index (χ0n) is 12.4. The molecule has 0 radical (unpaired) electrons. The predicted molar refractivity (Wildman–Crippen MR) is 87.0 cm³/mol. The molecule has 1 aliphatic carbocycles. The van der Waals surface area contributed by atoms with Crippen LogP contribution in [-0.2, 0) is 0 Å². The first kappa shape index (κ1) is 16.5. The Kier molecular flexibility index (Phi) is 5.21. The van der Waals surface area contributed by atoms with Crippen LogP contribution in [-0.4, -0.2) is 23.5 Å². The van der Waals surface area contributed by atoms with Crippen LogP contribution in [0.2, 0.25) is 0 Å². The van der Waals surface area contributed by atoms with Crippen molar-refractivity contribution in [2.24, 2.45) is 11.7 Å². The summed E-state index contributed by atoms with van der Waals surface area (Å²) >= 11 is 0. The topological polar surface area (TPSA) is 81.2 Å². The highest BCUT2D eigenvalue weighted by molar-refractivity contribution is 5.93. The number of hydrogen-bond acceptors (Lipinski definition) is 4. The second kappa shape index (κ2) is 6.94. The highest BCUT2D eigenvalue weighted by Gasteiger charge is 2.29. The second-order valence-corrected chi connectivity index (χ2v) is 5.50. The van der Waals surface area contributed by atoms with Crippen LogP contribution >= 0.6 is 12.4 Å². The molecule has 3 N–H and O–H groups in total. The maximum Gasteiger partial charge on any atom is 0.273 e. The number of nitrogens with zero attached hydrogens (tertiary/aromatic N) is 1. The predicted octanol–water partition coefficient (Wildman–Crippen LogP) is 2.54. The van der Waals surface area contributed by atoms with Crippen molar-refractivity contribution in [3.8, 4) is 11.5 Å². The molecule has 1 aliphatic rings. The average molecular weight is 322 g/mol. The van der Waals surface area contributed by atoms with E-state index < -0.39 is 0 Å². The summed E-state index contributed by atoms with van der Waals surface area (Å²) in [4.78, 5) is 16.5. The molecule has 1 saturated carbocycles. The van der Waals surface area contributed by atoms with Crippen LogP contribution in [0.3, 0.4) is 0 Å². The first-order valence-electron chi connectivity index (χ1n) is 7.22. The summed E-state index contributed by atoms with van der Waals surface area (Å²) in [7, 11) is 0. The number of hydrogen-bond donors (Lipinski definition) is 2. The summed E-state index contributed by atoms with van der Waals surface area (Å²) in [6.07, 6.45) is 2.33. The number of carbonyl (C=O) groups is 1. The Morgan fingerprint density at radius 1 is 1.41 bits per heavy atom. The Labute approximate surface area is 135 Å². The highest BCUT2D eigenvalue weighted by Crippen LogP contribution is 2.31. The van der Waals surface area contributed by atoms with E-state index in [1.807, 2.05) is 30.3 Å². The van der Waals surface area contributed by atoms with Crippen molar-refractivity contribution < 1.29 is 9.21 Å². The zero-order valence-corrected chi connectivity index (χ0v) is 13.2. The fourth-order valence-electron chi connectivity index (χ4n) is 2.30. The van der Waals surface area contributed by atoms with Crippen LogP contribution in [0.1, 0.15) is 29.1 Å². The molecule has 0 saturated heterocycles. The standard InChI is InChI=1S/C16H19N3O2.ClH/c1-10-14(15(20)18-9-13(17)11-7-8-11)19-16(21-10)12-5-3-2-4-6-12;/h2-6,11,13H,7-9,17H2,1H3,(H,18,20);1H. The van der Waals surface area contributed by atoms with Gasteiger partial charge in [-0.15, -0.1) is 12.4 Å². The van der Waals surface area contributed by atoms with Gasteiger partial charge in [0.25, 0.3) is 5.91 Å². The monoisotopic (exact) mass is 321 g/mol. The molecule has 3 rings (SSSR count). The molecular formula is C16H20ClN3O2. The van der Waals surface area contributed by atoms with Gasteiger partial charge in [0, 0.05) is 18.2 Å². The quantitative estimate of drug-likeness (QED) is 0.886. The molecule has 1 amide bonds. The number of oxazole rings is 1. The van der Waals surface area contributed by atoms with E-state index in [1.165, 1.54) is 0 Å². The number of nitrogens with one attached hydrogen (secondary N) is 1. The Balaban J connectivity index is 0.00000176. The summed E-state index contributed by atoms with van der Waals surface area (Å²) in [6, 6.07) is 9.57. The van der Waals surface area contributed by atoms with Crippen LogP contribution in [0.25, 0.3) is 11.5 Å². The maximum atomic E-state index is 12.2. The molecule has 1 aromatic carbocycles.